The van der Waals surface area contributed by atoms with Gasteiger partial charge in [-0.1, -0.05) is 0 Å². The monoisotopic (exact) mass is 304 g/mol. The lowest BCUT2D eigenvalue weighted by atomic mass is 10.4. The molecule has 98 valence electrons. The molecule has 1 unspecified atom stereocenters. The van der Waals surface area contributed by atoms with Crippen molar-refractivity contribution in [3.8, 4) is 0 Å². The summed E-state index contributed by atoms with van der Waals surface area (Å²) in [7, 11) is 0. The van der Waals surface area contributed by atoms with Crippen LogP contribution in [0.3, 0.4) is 0 Å². The maximum atomic E-state index is 11.8. The predicted molar refractivity (Wildman–Crippen MR) is 75.0 cm³/mol. The first-order valence-corrected chi connectivity index (χ1v) is 8.35. The fourth-order valence-corrected chi connectivity index (χ4v) is 4.71. The number of aromatic nitrogens is 1. The Hall–Kier alpha value is -0.730. The van der Waals surface area contributed by atoms with E-state index in [1.165, 1.54) is 11.9 Å². The van der Waals surface area contributed by atoms with Gasteiger partial charge in [0.15, 0.2) is 0 Å². The van der Waals surface area contributed by atoms with Gasteiger partial charge in [-0.05, 0) is 0 Å². The Kier molecular flexibility index (Phi) is 4.90. The molecule has 1 aliphatic rings. The van der Waals surface area contributed by atoms with Gasteiger partial charge in [0.25, 0.3) is 5.91 Å². The molecule has 0 radical (unpaired) electrons. The second kappa shape index (κ2) is 6.44. The predicted octanol–water partition coefficient (Wildman–Crippen LogP) is 1.42. The number of hydrogen-bond donors (Lipinski definition) is 2. The molecule has 1 saturated heterocycles. The van der Waals surface area contributed by atoms with Crippen LogP contribution in [0.15, 0.2) is 6.20 Å². The summed E-state index contributed by atoms with van der Waals surface area (Å²) in [6.07, 6.45) is 1.31. The Labute approximate surface area is 117 Å². The number of nitrogens with one attached hydrogen (secondary N) is 1. The molecular formula is C10H12N2O3S3. The van der Waals surface area contributed by atoms with Crippen LogP contribution in [0.2, 0.25) is 0 Å². The highest BCUT2D eigenvalue weighted by Gasteiger charge is 2.18. The molecule has 2 heterocycles. The number of amides is 1. The summed E-state index contributed by atoms with van der Waals surface area (Å²) in [6.45, 7) is 0.622. The summed E-state index contributed by atoms with van der Waals surface area (Å²) in [5, 5.41) is 11.9. The number of carbonyl (C=O) groups excluding carboxylic acids is 1. The second-order valence-corrected chi connectivity index (χ2v) is 7.20. The Balaban J connectivity index is 1.84. The molecule has 1 aliphatic heterocycles. The largest absolute Gasteiger partial charge is 0.476 e. The number of nitrogens with zero attached hydrogens (tertiary/aromatic N) is 1. The third-order valence-corrected chi connectivity index (χ3v) is 6.12. The first-order valence-electron chi connectivity index (χ1n) is 5.33. The zero-order chi connectivity index (χ0) is 13.0. The van der Waals surface area contributed by atoms with Gasteiger partial charge in [-0.3, -0.25) is 4.79 Å². The zero-order valence-corrected chi connectivity index (χ0v) is 11.9. The minimum absolute atomic E-state index is 0.0530. The second-order valence-electron chi connectivity index (χ2n) is 3.61. The highest BCUT2D eigenvalue weighted by atomic mass is 32.2. The lowest BCUT2D eigenvalue weighted by molar-refractivity contribution is 0.0696. The highest BCUT2D eigenvalue weighted by Crippen LogP contribution is 2.23. The minimum Gasteiger partial charge on any atom is -0.476 e. The Bertz CT molecular complexity index is 443. The van der Waals surface area contributed by atoms with Crippen LogP contribution < -0.4 is 5.32 Å². The number of rotatable bonds is 4. The summed E-state index contributed by atoms with van der Waals surface area (Å²) >= 11 is 4.67. The third kappa shape index (κ3) is 3.63. The molecule has 1 aromatic rings. The fourth-order valence-electron chi connectivity index (χ4n) is 1.43. The van der Waals surface area contributed by atoms with Crippen molar-refractivity contribution in [3.63, 3.8) is 0 Å². The molecule has 2 rings (SSSR count). The lowest BCUT2D eigenvalue weighted by Gasteiger charge is -2.20. The Morgan fingerprint density at radius 2 is 2.33 bits per heavy atom. The van der Waals surface area contributed by atoms with Crippen molar-refractivity contribution in [1.82, 2.24) is 10.3 Å². The van der Waals surface area contributed by atoms with E-state index in [-0.39, 0.29) is 10.9 Å². The van der Waals surface area contributed by atoms with Crippen molar-refractivity contribution >= 4 is 46.7 Å². The van der Waals surface area contributed by atoms with Crippen molar-refractivity contribution in [2.24, 2.45) is 0 Å². The molecule has 8 heteroatoms. The zero-order valence-electron chi connectivity index (χ0n) is 9.42. The van der Waals surface area contributed by atoms with Gasteiger partial charge in [-0.2, -0.15) is 23.5 Å². The molecule has 0 saturated carbocycles. The maximum absolute atomic E-state index is 11.8. The SMILES string of the molecule is O=C(NCC1CSCCS1)c1cnc(C(=O)O)s1. The van der Waals surface area contributed by atoms with Gasteiger partial charge in [-0.25, -0.2) is 9.78 Å². The number of thiazole rings is 1. The van der Waals surface area contributed by atoms with Gasteiger partial charge < -0.3 is 10.4 Å². The number of carbonyl (C=O) groups is 2. The quantitative estimate of drug-likeness (QED) is 0.876. The molecule has 1 fully saturated rings. The average molecular weight is 304 g/mol. The molecule has 0 bridgehead atoms. The van der Waals surface area contributed by atoms with Crippen LogP contribution in [0.25, 0.3) is 0 Å². The van der Waals surface area contributed by atoms with Crippen LogP contribution >= 0.6 is 34.9 Å². The van der Waals surface area contributed by atoms with Crippen molar-refractivity contribution in [2.75, 3.05) is 23.8 Å². The molecule has 2 N–H and O–H groups in total. The lowest BCUT2D eigenvalue weighted by Crippen LogP contribution is -2.33. The van der Waals surface area contributed by atoms with E-state index in [1.807, 2.05) is 23.5 Å². The minimum atomic E-state index is -1.10. The summed E-state index contributed by atoms with van der Waals surface area (Å²) in [5.41, 5.74) is 0. The Morgan fingerprint density at radius 3 is 2.94 bits per heavy atom. The van der Waals surface area contributed by atoms with Gasteiger partial charge in [-0.15, -0.1) is 11.3 Å². The van der Waals surface area contributed by atoms with Crippen molar-refractivity contribution in [3.05, 3.63) is 16.1 Å². The number of hydrogen-bond acceptors (Lipinski definition) is 6. The van der Waals surface area contributed by atoms with Crippen LogP contribution in [0.5, 0.6) is 0 Å². The number of carboxylic acid groups (broad SMARTS) is 1. The number of aromatic carboxylic acids is 1. The molecule has 1 amide bonds. The van der Waals surface area contributed by atoms with E-state index >= 15 is 0 Å². The average Bonchev–Trinajstić information content (AvgIpc) is 2.87. The van der Waals surface area contributed by atoms with E-state index in [9.17, 15) is 9.59 Å². The first kappa shape index (κ1) is 13.7. The third-order valence-electron chi connectivity index (χ3n) is 2.29. The molecule has 0 aliphatic carbocycles. The van der Waals surface area contributed by atoms with E-state index in [2.05, 4.69) is 10.3 Å². The normalized spacial score (nSPS) is 19.4. The molecule has 5 nitrogen and oxygen atoms in total. The van der Waals surface area contributed by atoms with E-state index < -0.39 is 5.97 Å². The molecule has 1 atom stereocenters. The van der Waals surface area contributed by atoms with Gasteiger partial charge in [0, 0.05) is 29.1 Å². The van der Waals surface area contributed by atoms with Crippen molar-refractivity contribution in [2.45, 2.75) is 5.25 Å². The van der Waals surface area contributed by atoms with Gasteiger partial charge in [0.05, 0.1) is 6.20 Å². The smallest absolute Gasteiger partial charge is 0.365 e. The number of thioether (sulfide) groups is 2. The summed E-state index contributed by atoms with van der Waals surface area (Å²) in [5.74, 6) is 2.00. The van der Waals surface area contributed by atoms with E-state index in [4.69, 9.17) is 5.11 Å². The van der Waals surface area contributed by atoms with E-state index in [0.717, 1.165) is 22.8 Å². The van der Waals surface area contributed by atoms with Gasteiger partial charge in [0.1, 0.15) is 4.88 Å². The van der Waals surface area contributed by atoms with E-state index in [0.29, 0.717) is 16.7 Å². The summed E-state index contributed by atoms with van der Waals surface area (Å²) in [6, 6.07) is 0. The summed E-state index contributed by atoms with van der Waals surface area (Å²) < 4.78 is 0. The topological polar surface area (TPSA) is 79.3 Å². The Morgan fingerprint density at radius 1 is 1.50 bits per heavy atom. The fraction of sp³-hybridized carbons (Fsp3) is 0.500. The molecular weight excluding hydrogens is 292 g/mol. The first-order chi connectivity index (χ1) is 8.66. The van der Waals surface area contributed by atoms with Crippen LogP contribution in [0.1, 0.15) is 19.5 Å². The standard InChI is InChI=1S/C10H12N2O3S3/c13-8(7-4-12-9(18-7)10(14)15)11-3-6-5-16-1-2-17-6/h4,6H,1-3,5H2,(H,11,13)(H,14,15). The van der Waals surface area contributed by atoms with Crippen molar-refractivity contribution < 1.29 is 14.7 Å². The highest BCUT2D eigenvalue weighted by molar-refractivity contribution is 8.06. The van der Waals surface area contributed by atoms with Crippen LogP contribution in [0, 0.1) is 0 Å². The van der Waals surface area contributed by atoms with Gasteiger partial charge >= 0.3 is 5.97 Å². The molecule has 18 heavy (non-hydrogen) atoms. The molecule has 0 spiro atoms. The molecule has 1 aromatic heterocycles. The van der Waals surface area contributed by atoms with Crippen LogP contribution in [-0.4, -0.2) is 51.0 Å². The van der Waals surface area contributed by atoms with Crippen molar-refractivity contribution in [1.29, 1.82) is 0 Å². The van der Waals surface area contributed by atoms with E-state index in [1.54, 1.807) is 0 Å². The maximum Gasteiger partial charge on any atom is 0.365 e. The van der Waals surface area contributed by atoms with Gasteiger partial charge in [0.2, 0.25) is 5.01 Å². The summed E-state index contributed by atoms with van der Waals surface area (Å²) in [4.78, 5) is 26.5. The molecule has 0 aromatic carbocycles. The van der Waals surface area contributed by atoms with Crippen LogP contribution in [0.4, 0.5) is 0 Å². The van der Waals surface area contributed by atoms with Crippen LogP contribution in [-0.2, 0) is 0 Å². The number of carboxylic acids is 1.